The lowest BCUT2D eigenvalue weighted by molar-refractivity contribution is 0.297. The molecule has 0 aliphatic carbocycles. The third-order valence-electron chi connectivity index (χ3n) is 3.44. The monoisotopic (exact) mass is 269 g/mol. The van der Waals surface area contributed by atoms with Crippen LogP contribution in [0.15, 0.2) is 42.5 Å². The fourth-order valence-electron chi connectivity index (χ4n) is 2.39. The van der Waals surface area contributed by atoms with Crippen molar-refractivity contribution in [3.05, 3.63) is 53.6 Å². The summed E-state index contributed by atoms with van der Waals surface area (Å²) < 4.78 is 11.4. The van der Waals surface area contributed by atoms with Crippen molar-refractivity contribution in [2.24, 2.45) is 0 Å². The molecule has 0 saturated carbocycles. The first-order valence-corrected chi connectivity index (χ1v) is 7.00. The van der Waals surface area contributed by atoms with Gasteiger partial charge in [-0.1, -0.05) is 18.2 Å². The van der Waals surface area contributed by atoms with E-state index in [1.165, 1.54) is 11.1 Å². The molecule has 0 aromatic heterocycles. The molecule has 104 valence electrons. The number of fused-ring (bicyclic) bond motifs is 1. The summed E-state index contributed by atoms with van der Waals surface area (Å²) >= 11 is 0. The molecule has 0 saturated heterocycles. The number of benzene rings is 2. The molecular formula is C17H19NO2. The zero-order valence-electron chi connectivity index (χ0n) is 11.7. The predicted octanol–water partition coefficient (Wildman–Crippen LogP) is 3.48. The molecule has 1 heterocycles. The Bertz CT molecular complexity index is 595. The van der Waals surface area contributed by atoms with Crippen molar-refractivity contribution in [3.8, 4) is 11.5 Å². The van der Waals surface area contributed by atoms with Crippen LogP contribution in [0.4, 0.5) is 5.69 Å². The van der Waals surface area contributed by atoms with Gasteiger partial charge in [-0.2, -0.15) is 0 Å². The largest absolute Gasteiger partial charge is 0.490 e. The summed E-state index contributed by atoms with van der Waals surface area (Å²) in [6.07, 6.45) is 1.83. The normalized spacial score (nSPS) is 13.7. The van der Waals surface area contributed by atoms with E-state index >= 15 is 0 Å². The lowest BCUT2D eigenvalue weighted by Crippen LogP contribution is -1.97. The first-order valence-electron chi connectivity index (χ1n) is 7.00. The molecule has 3 rings (SSSR count). The molecule has 0 unspecified atom stereocenters. The number of ether oxygens (including phenoxy) is 2. The highest BCUT2D eigenvalue weighted by Crippen LogP contribution is 2.31. The van der Waals surface area contributed by atoms with Crippen molar-refractivity contribution in [1.82, 2.24) is 0 Å². The van der Waals surface area contributed by atoms with Crippen LogP contribution in [-0.2, 0) is 6.42 Å². The average Bonchev–Trinajstić information content (AvgIpc) is 2.72. The fourth-order valence-corrected chi connectivity index (χ4v) is 2.39. The minimum absolute atomic E-state index is 0.728. The van der Waals surface area contributed by atoms with E-state index in [0.717, 1.165) is 43.2 Å². The van der Waals surface area contributed by atoms with Crippen LogP contribution in [0.2, 0.25) is 0 Å². The van der Waals surface area contributed by atoms with E-state index in [1.54, 1.807) is 0 Å². The Morgan fingerprint density at radius 3 is 2.60 bits per heavy atom. The number of hydrogen-bond donors (Lipinski definition) is 1. The van der Waals surface area contributed by atoms with Crippen LogP contribution in [-0.4, -0.2) is 20.3 Å². The van der Waals surface area contributed by atoms with Gasteiger partial charge in [-0.15, -0.1) is 0 Å². The molecule has 20 heavy (non-hydrogen) atoms. The molecule has 1 aliphatic heterocycles. The summed E-state index contributed by atoms with van der Waals surface area (Å²) in [5.74, 6) is 1.72. The van der Waals surface area contributed by atoms with Gasteiger partial charge in [-0.05, 0) is 41.8 Å². The molecule has 3 heteroatoms. The zero-order chi connectivity index (χ0) is 13.8. The highest BCUT2D eigenvalue weighted by atomic mass is 16.5. The van der Waals surface area contributed by atoms with Crippen molar-refractivity contribution < 1.29 is 9.47 Å². The van der Waals surface area contributed by atoms with E-state index in [1.807, 2.05) is 13.1 Å². The minimum Gasteiger partial charge on any atom is -0.490 e. The van der Waals surface area contributed by atoms with E-state index in [9.17, 15) is 0 Å². The topological polar surface area (TPSA) is 30.5 Å². The molecule has 1 N–H and O–H groups in total. The molecule has 0 fully saturated rings. The van der Waals surface area contributed by atoms with Crippen molar-refractivity contribution in [1.29, 1.82) is 0 Å². The highest BCUT2D eigenvalue weighted by molar-refractivity contribution is 5.48. The Labute approximate surface area is 119 Å². The first-order chi connectivity index (χ1) is 9.85. The molecule has 0 bridgehead atoms. The van der Waals surface area contributed by atoms with Gasteiger partial charge in [0.15, 0.2) is 11.5 Å². The van der Waals surface area contributed by atoms with Crippen LogP contribution >= 0.6 is 0 Å². The van der Waals surface area contributed by atoms with Gasteiger partial charge in [0.05, 0.1) is 13.2 Å². The summed E-state index contributed by atoms with van der Waals surface area (Å²) in [6, 6.07) is 14.7. The predicted molar refractivity (Wildman–Crippen MR) is 80.8 cm³/mol. The summed E-state index contributed by atoms with van der Waals surface area (Å²) in [4.78, 5) is 0. The van der Waals surface area contributed by atoms with Gasteiger partial charge in [0.1, 0.15) is 0 Å². The van der Waals surface area contributed by atoms with Crippen molar-refractivity contribution in [2.75, 3.05) is 25.6 Å². The van der Waals surface area contributed by atoms with Crippen molar-refractivity contribution in [2.45, 2.75) is 12.8 Å². The van der Waals surface area contributed by atoms with E-state index in [-0.39, 0.29) is 0 Å². The SMILES string of the molecule is CNc1cccc(Cc2ccc3c(c2)OCCCO3)c1. The summed E-state index contributed by atoms with van der Waals surface area (Å²) in [7, 11) is 1.94. The van der Waals surface area contributed by atoms with Gasteiger partial charge in [-0.25, -0.2) is 0 Å². The molecule has 0 radical (unpaired) electrons. The molecule has 3 nitrogen and oxygen atoms in total. The van der Waals surface area contributed by atoms with E-state index < -0.39 is 0 Å². The van der Waals surface area contributed by atoms with Crippen LogP contribution in [0.3, 0.4) is 0 Å². The quantitative estimate of drug-likeness (QED) is 0.925. The molecule has 0 atom stereocenters. The van der Waals surface area contributed by atoms with Crippen LogP contribution in [0.25, 0.3) is 0 Å². The molecule has 0 spiro atoms. The third kappa shape index (κ3) is 2.87. The molecule has 2 aromatic carbocycles. The molecule has 0 amide bonds. The molecular weight excluding hydrogens is 250 g/mol. The van der Waals surface area contributed by atoms with Gasteiger partial charge in [0.25, 0.3) is 0 Å². The second-order valence-corrected chi connectivity index (χ2v) is 4.96. The Hall–Kier alpha value is -2.16. The Morgan fingerprint density at radius 1 is 0.950 bits per heavy atom. The van der Waals surface area contributed by atoms with Gasteiger partial charge in [0, 0.05) is 19.2 Å². The zero-order valence-corrected chi connectivity index (χ0v) is 11.7. The maximum absolute atomic E-state index is 5.73. The Kier molecular flexibility index (Phi) is 3.77. The van der Waals surface area contributed by atoms with Crippen LogP contribution in [0, 0.1) is 0 Å². The van der Waals surface area contributed by atoms with E-state index in [0.29, 0.717) is 0 Å². The maximum atomic E-state index is 5.73. The average molecular weight is 269 g/mol. The van der Waals surface area contributed by atoms with Crippen molar-refractivity contribution >= 4 is 5.69 Å². The van der Waals surface area contributed by atoms with Crippen molar-refractivity contribution in [3.63, 3.8) is 0 Å². The van der Waals surface area contributed by atoms with E-state index in [2.05, 4.69) is 41.7 Å². The fraction of sp³-hybridized carbons (Fsp3) is 0.294. The third-order valence-corrected chi connectivity index (χ3v) is 3.44. The van der Waals surface area contributed by atoms with Crippen LogP contribution in [0.5, 0.6) is 11.5 Å². The summed E-state index contributed by atoms with van der Waals surface area (Å²) in [6.45, 7) is 1.46. The summed E-state index contributed by atoms with van der Waals surface area (Å²) in [5, 5.41) is 3.17. The highest BCUT2D eigenvalue weighted by Gasteiger charge is 2.10. The Balaban J connectivity index is 1.82. The van der Waals surface area contributed by atoms with E-state index in [4.69, 9.17) is 9.47 Å². The standard InChI is InChI=1S/C17H19NO2/c1-18-15-5-2-4-13(11-15)10-14-6-7-16-17(12-14)20-9-3-8-19-16/h2,4-7,11-12,18H,3,8-10H2,1H3. The molecule has 1 aliphatic rings. The minimum atomic E-state index is 0.728. The van der Waals surface area contributed by atoms with Gasteiger partial charge in [-0.3, -0.25) is 0 Å². The second kappa shape index (κ2) is 5.87. The summed E-state index contributed by atoms with van der Waals surface area (Å²) in [5.41, 5.74) is 3.66. The van der Waals surface area contributed by atoms with Gasteiger partial charge >= 0.3 is 0 Å². The molecule has 2 aromatic rings. The van der Waals surface area contributed by atoms with Gasteiger partial charge in [0.2, 0.25) is 0 Å². The van der Waals surface area contributed by atoms with Crippen LogP contribution in [0.1, 0.15) is 17.5 Å². The number of hydrogen-bond acceptors (Lipinski definition) is 3. The number of rotatable bonds is 3. The smallest absolute Gasteiger partial charge is 0.161 e. The number of anilines is 1. The lowest BCUT2D eigenvalue weighted by atomic mass is 10.0. The first kappa shape index (κ1) is 12.9. The maximum Gasteiger partial charge on any atom is 0.161 e. The Morgan fingerprint density at radius 2 is 1.75 bits per heavy atom. The lowest BCUT2D eigenvalue weighted by Gasteiger charge is -2.10. The number of nitrogens with one attached hydrogen (secondary N) is 1. The second-order valence-electron chi connectivity index (χ2n) is 4.96. The van der Waals surface area contributed by atoms with Crippen LogP contribution < -0.4 is 14.8 Å². The van der Waals surface area contributed by atoms with Gasteiger partial charge < -0.3 is 14.8 Å².